The van der Waals surface area contributed by atoms with Gasteiger partial charge in [0.1, 0.15) is 5.82 Å². The van der Waals surface area contributed by atoms with Crippen LogP contribution in [-0.4, -0.2) is 51.1 Å². The second-order valence-corrected chi connectivity index (χ2v) is 5.36. The summed E-state index contributed by atoms with van der Waals surface area (Å²) in [6.45, 7) is 3.68. The van der Waals surface area contributed by atoms with Crippen LogP contribution >= 0.6 is 0 Å². The predicted octanol–water partition coefficient (Wildman–Crippen LogP) is 1.38. The lowest BCUT2D eigenvalue weighted by atomic mass is 10.3. The topological polar surface area (TPSA) is 63.0 Å². The maximum atomic E-state index is 4.41. The van der Waals surface area contributed by atoms with Crippen LogP contribution in [0.5, 0.6) is 0 Å². The molecule has 1 fully saturated rings. The Morgan fingerprint density at radius 2 is 1.43 bits per heavy atom. The molecule has 3 aromatic rings. The zero-order valence-electron chi connectivity index (χ0n) is 12.7. The van der Waals surface area contributed by atoms with Gasteiger partial charge < -0.3 is 9.80 Å². The van der Waals surface area contributed by atoms with Crippen molar-refractivity contribution in [3.05, 3.63) is 55.0 Å². The summed E-state index contributed by atoms with van der Waals surface area (Å²) in [5, 5.41) is 12.8. The number of nitrogens with zero attached hydrogens (tertiary/aromatic N) is 7. The van der Waals surface area contributed by atoms with Gasteiger partial charge in [0.05, 0.1) is 0 Å². The number of hydrogen-bond acceptors (Lipinski definition) is 6. The highest BCUT2D eigenvalue weighted by Gasteiger charge is 2.19. The molecule has 4 rings (SSSR count). The van der Waals surface area contributed by atoms with Crippen molar-refractivity contribution in [1.82, 2.24) is 25.0 Å². The Kier molecular flexibility index (Phi) is 3.59. The van der Waals surface area contributed by atoms with Crippen molar-refractivity contribution in [3.63, 3.8) is 0 Å². The molecule has 0 saturated carbocycles. The number of hydrogen-bond donors (Lipinski definition) is 0. The molecule has 7 heteroatoms. The smallest absolute Gasteiger partial charge is 0.175 e. The van der Waals surface area contributed by atoms with Gasteiger partial charge in [0.25, 0.3) is 0 Å². The third-order valence-electron chi connectivity index (χ3n) is 3.95. The summed E-state index contributed by atoms with van der Waals surface area (Å²) in [7, 11) is 0. The fraction of sp³-hybridized carbons (Fsp3) is 0.250. The van der Waals surface area contributed by atoms with Crippen LogP contribution in [0.25, 0.3) is 5.82 Å². The first-order chi connectivity index (χ1) is 11.4. The average Bonchev–Trinajstić information content (AvgIpc) is 3.18. The molecule has 0 unspecified atom stereocenters. The van der Waals surface area contributed by atoms with E-state index in [2.05, 4.69) is 30.1 Å². The minimum Gasteiger partial charge on any atom is -0.353 e. The maximum absolute atomic E-state index is 4.41. The molecular weight excluding hydrogens is 290 g/mol. The van der Waals surface area contributed by atoms with Gasteiger partial charge in [-0.2, -0.15) is 5.10 Å². The summed E-state index contributed by atoms with van der Waals surface area (Å²) in [4.78, 5) is 8.95. The maximum Gasteiger partial charge on any atom is 0.175 e. The molecule has 0 radical (unpaired) electrons. The Labute approximate surface area is 134 Å². The van der Waals surface area contributed by atoms with Crippen molar-refractivity contribution < 1.29 is 0 Å². The van der Waals surface area contributed by atoms with E-state index in [-0.39, 0.29) is 0 Å². The van der Waals surface area contributed by atoms with Gasteiger partial charge in [0.2, 0.25) is 0 Å². The van der Waals surface area contributed by atoms with Crippen LogP contribution < -0.4 is 9.80 Å². The van der Waals surface area contributed by atoms with Crippen LogP contribution in [0.4, 0.5) is 11.6 Å². The van der Waals surface area contributed by atoms with Gasteiger partial charge in [-0.3, -0.25) is 0 Å². The van der Waals surface area contributed by atoms with Crippen LogP contribution in [-0.2, 0) is 0 Å². The summed E-state index contributed by atoms with van der Waals surface area (Å²) >= 11 is 0. The third kappa shape index (κ3) is 2.85. The highest BCUT2D eigenvalue weighted by molar-refractivity contribution is 5.44. The molecule has 0 spiro atoms. The first-order valence-electron chi connectivity index (χ1n) is 7.65. The highest BCUT2D eigenvalue weighted by Crippen LogP contribution is 2.17. The number of aromatic nitrogens is 5. The van der Waals surface area contributed by atoms with E-state index < -0.39 is 0 Å². The van der Waals surface area contributed by atoms with Crippen LogP contribution in [0.3, 0.4) is 0 Å². The van der Waals surface area contributed by atoms with E-state index in [1.807, 2.05) is 48.8 Å². The standard InChI is InChI=1S/C16H17N7/c1-2-7-17-14(4-1)21-10-12-22(13-11-21)15-5-6-16(20-19-15)23-9-3-8-18-23/h1-9H,10-13H2. The monoisotopic (exact) mass is 307 g/mol. The lowest BCUT2D eigenvalue weighted by molar-refractivity contribution is 0.637. The minimum absolute atomic E-state index is 0.728. The Hall–Kier alpha value is -2.96. The molecule has 23 heavy (non-hydrogen) atoms. The molecule has 0 aromatic carbocycles. The second kappa shape index (κ2) is 6.04. The molecule has 0 amide bonds. The fourth-order valence-electron chi connectivity index (χ4n) is 2.72. The molecule has 0 aliphatic carbocycles. The number of pyridine rings is 1. The van der Waals surface area contributed by atoms with Crippen molar-refractivity contribution in [2.24, 2.45) is 0 Å². The van der Waals surface area contributed by atoms with E-state index in [1.165, 1.54) is 0 Å². The SMILES string of the molecule is c1ccc(N2CCN(c3ccc(-n4cccn4)nn3)CC2)nc1. The normalized spacial score (nSPS) is 15.0. The minimum atomic E-state index is 0.728. The van der Waals surface area contributed by atoms with Gasteiger partial charge in [-0.15, -0.1) is 10.2 Å². The highest BCUT2D eigenvalue weighted by atomic mass is 15.4. The van der Waals surface area contributed by atoms with Gasteiger partial charge in [-0.25, -0.2) is 9.67 Å². The Morgan fingerprint density at radius 1 is 0.696 bits per heavy atom. The van der Waals surface area contributed by atoms with Crippen molar-refractivity contribution in [2.75, 3.05) is 36.0 Å². The molecule has 116 valence electrons. The molecule has 3 aromatic heterocycles. The summed E-state index contributed by atoms with van der Waals surface area (Å²) in [6, 6.07) is 11.8. The molecule has 0 N–H and O–H groups in total. The van der Waals surface area contributed by atoms with Crippen LogP contribution in [0.15, 0.2) is 55.0 Å². The number of piperazine rings is 1. The van der Waals surface area contributed by atoms with Crippen molar-refractivity contribution >= 4 is 11.6 Å². The quantitative estimate of drug-likeness (QED) is 0.728. The molecule has 1 aliphatic heterocycles. The van der Waals surface area contributed by atoms with Gasteiger partial charge in [-0.05, 0) is 30.3 Å². The Bertz CT molecular complexity index is 732. The predicted molar refractivity (Wildman–Crippen MR) is 87.8 cm³/mol. The average molecular weight is 307 g/mol. The Balaban J connectivity index is 1.42. The number of anilines is 2. The molecular formula is C16H17N7. The van der Waals surface area contributed by atoms with Crippen molar-refractivity contribution in [2.45, 2.75) is 0 Å². The van der Waals surface area contributed by atoms with E-state index in [0.29, 0.717) is 0 Å². The van der Waals surface area contributed by atoms with Gasteiger partial charge in [0.15, 0.2) is 11.6 Å². The van der Waals surface area contributed by atoms with E-state index in [9.17, 15) is 0 Å². The molecule has 0 bridgehead atoms. The molecule has 7 nitrogen and oxygen atoms in total. The molecule has 1 saturated heterocycles. The van der Waals surface area contributed by atoms with Gasteiger partial charge >= 0.3 is 0 Å². The van der Waals surface area contributed by atoms with E-state index in [0.717, 1.165) is 43.6 Å². The first kappa shape index (κ1) is 13.7. The van der Waals surface area contributed by atoms with Crippen LogP contribution in [0, 0.1) is 0 Å². The lowest BCUT2D eigenvalue weighted by Crippen LogP contribution is -2.47. The molecule has 1 aliphatic rings. The lowest BCUT2D eigenvalue weighted by Gasteiger charge is -2.35. The van der Waals surface area contributed by atoms with Crippen molar-refractivity contribution in [1.29, 1.82) is 0 Å². The fourth-order valence-corrected chi connectivity index (χ4v) is 2.72. The summed E-state index contributed by atoms with van der Waals surface area (Å²) in [5.74, 6) is 2.67. The summed E-state index contributed by atoms with van der Waals surface area (Å²) < 4.78 is 1.70. The second-order valence-electron chi connectivity index (χ2n) is 5.36. The van der Waals surface area contributed by atoms with E-state index in [4.69, 9.17) is 0 Å². The van der Waals surface area contributed by atoms with E-state index >= 15 is 0 Å². The number of rotatable bonds is 3. The largest absolute Gasteiger partial charge is 0.353 e. The van der Waals surface area contributed by atoms with Gasteiger partial charge in [-0.1, -0.05) is 6.07 Å². The van der Waals surface area contributed by atoms with Crippen LogP contribution in [0.1, 0.15) is 0 Å². The van der Waals surface area contributed by atoms with Crippen molar-refractivity contribution in [3.8, 4) is 5.82 Å². The van der Waals surface area contributed by atoms with E-state index in [1.54, 1.807) is 10.9 Å². The van der Waals surface area contributed by atoms with Crippen LogP contribution in [0.2, 0.25) is 0 Å². The zero-order chi connectivity index (χ0) is 15.5. The van der Waals surface area contributed by atoms with Gasteiger partial charge in [0, 0.05) is 44.8 Å². The summed E-state index contributed by atoms with van der Waals surface area (Å²) in [6.07, 6.45) is 5.42. The summed E-state index contributed by atoms with van der Waals surface area (Å²) in [5.41, 5.74) is 0. The molecule has 0 atom stereocenters. The third-order valence-corrected chi connectivity index (χ3v) is 3.95. The molecule has 4 heterocycles. The Morgan fingerprint density at radius 3 is 2.04 bits per heavy atom. The first-order valence-corrected chi connectivity index (χ1v) is 7.65. The zero-order valence-corrected chi connectivity index (χ0v) is 12.7.